The van der Waals surface area contributed by atoms with Gasteiger partial charge in [-0.1, -0.05) is 344 Å². The van der Waals surface area contributed by atoms with E-state index in [-0.39, 0.29) is 25.7 Å². The molecule has 570 valence electrons. The van der Waals surface area contributed by atoms with Crippen molar-refractivity contribution in [1.29, 1.82) is 0 Å². The number of esters is 4. The van der Waals surface area contributed by atoms with E-state index in [0.29, 0.717) is 31.6 Å². The highest BCUT2D eigenvalue weighted by molar-refractivity contribution is 7.47. The smallest absolute Gasteiger partial charge is 0.462 e. The van der Waals surface area contributed by atoms with Gasteiger partial charge in [0.05, 0.1) is 26.4 Å². The number of hydrogen-bond donors (Lipinski definition) is 3. The number of aliphatic hydroxyl groups is 1. The molecule has 0 aliphatic heterocycles. The molecule has 0 heterocycles. The summed E-state index contributed by atoms with van der Waals surface area (Å²) >= 11 is 0. The van der Waals surface area contributed by atoms with Crippen molar-refractivity contribution < 1.29 is 80.2 Å². The normalized spacial score (nSPS) is 14.3. The van der Waals surface area contributed by atoms with Crippen molar-refractivity contribution >= 4 is 39.5 Å². The number of ether oxygens (including phenoxy) is 4. The highest BCUT2D eigenvalue weighted by atomic mass is 31.2. The van der Waals surface area contributed by atoms with Crippen molar-refractivity contribution in [2.45, 2.75) is 414 Å². The molecule has 0 aromatic carbocycles. The fourth-order valence-electron chi connectivity index (χ4n) is 11.7. The molecule has 0 saturated heterocycles. The zero-order valence-corrected chi connectivity index (χ0v) is 64.6. The second-order valence-corrected chi connectivity index (χ2v) is 31.8. The van der Waals surface area contributed by atoms with Crippen LogP contribution in [0.2, 0.25) is 0 Å². The minimum Gasteiger partial charge on any atom is -0.462 e. The van der Waals surface area contributed by atoms with Gasteiger partial charge in [0.2, 0.25) is 0 Å². The van der Waals surface area contributed by atoms with Gasteiger partial charge in [0.1, 0.15) is 19.3 Å². The maximum atomic E-state index is 13.1. The van der Waals surface area contributed by atoms with Crippen LogP contribution in [0, 0.1) is 17.8 Å². The average Bonchev–Trinajstić information content (AvgIpc) is 1.45. The number of rotatable bonds is 75. The number of carbonyl (C=O) groups is 4. The van der Waals surface area contributed by atoms with Gasteiger partial charge in [-0.25, -0.2) is 9.13 Å². The zero-order valence-electron chi connectivity index (χ0n) is 62.8. The van der Waals surface area contributed by atoms with E-state index in [1.807, 2.05) is 0 Å². The van der Waals surface area contributed by atoms with Crippen LogP contribution in [0.15, 0.2) is 0 Å². The molecule has 17 nitrogen and oxygen atoms in total. The summed E-state index contributed by atoms with van der Waals surface area (Å²) in [4.78, 5) is 72.8. The molecule has 3 unspecified atom stereocenters. The molecule has 0 rings (SSSR count). The van der Waals surface area contributed by atoms with E-state index in [1.165, 1.54) is 199 Å². The highest BCUT2D eigenvalue weighted by Gasteiger charge is 2.30. The number of carbonyl (C=O) groups excluding carboxylic acids is 4. The lowest BCUT2D eigenvalue weighted by Crippen LogP contribution is -2.30. The topological polar surface area (TPSA) is 237 Å². The molecule has 19 heteroatoms. The van der Waals surface area contributed by atoms with Gasteiger partial charge < -0.3 is 33.8 Å². The SMILES string of the molecule is CCCCCCCCCCCCCCCCCCCCCCCC(=O)O[C@H](COC(=O)CCCCCCCCCCCCC(C)CC)COP(=O)(O)OC[C@@H](O)COP(=O)(O)OC[C@@H](COC(=O)CCCCCCCCCC(C)C)OC(=O)CCCCCCCCCCC(C)C. The maximum Gasteiger partial charge on any atom is 0.472 e. The summed E-state index contributed by atoms with van der Waals surface area (Å²) in [6, 6.07) is 0. The Labute approximate surface area is 588 Å². The van der Waals surface area contributed by atoms with Crippen LogP contribution in [0.3, 0.4) is 0 Å². The van der Waals surface area contributed by atoms with Crippen LogP contribution in [-0.2, 0) is 65.4 Å². The third-order valence-electron chi connectivity index (χ3n) is 18.2. The Morgan fingerprint density at radius 3 is 0.792 bits per heavy atom. The summed E-state index contributed by atoms with van der Waals surface area (Å²) in [6.07, 6.45) is 54.3. The fourth-order valence-corrected chi connectivity index (χ4v) is 13.3. The van der Waals surface area contributed by atoms with E-state index >= 15 is 0 Å². The molecular weight excluding hydrogens is 1260 g/mol. The Balaban J connectivity index is 5.21. The first kappa shape index (κ1) is 94.1. The van der Waals surface area contributed by atoms with Gasteiger partial charge in [0.25, 0.3) is 0 Å². The number of unbranched alkanes of at least 4 members (excludes halogenated alkanes) is 42. The van der Waals surface area contributed by atoms with Crippen molar-refractivity contribution in [3.05, 3.63) is 0 Å². The predicted octanol–water partition coefficient (Wildman–Crippen LogP) is 22.6. The minimum atomic E-state index is -4.96. The van der Waals surface area contributed by atoms with Crippen molar-refractivity contribution in [3.63, 3.8) is 0 Å². The maximum absolute atomic E-state index is 13.1. The monoisotopic (exact) mass is 1410 g/mol. The molecule has 96 heavy (non-hydrogen) atoms. The van der Waals surface area contributed by atoms with E-state index in [0.717, 1.165) is 108 Å². The standard InChI is InChI=1S/C77H150O17P2/c1-8-10-11-12-13-14-15-16-17-18-19-20-21-22-23-24-25-30-38-46-53-60-76(81)93-72(64-87-74(79)58-51-44-37-29-27-26-28-36-43-50-57-70(7)9-2)66-91-95(83,84)89-62-71(78)63-90-96(85,86)92-67-73(65-88-75(80)59-52-45-40-33-35-42-49-56-69(5)6)94-77(82)61-54-47-39-32-31-34-41-48-55-68(3)4/h68-73,78H,8-67H2,1-7H3,(H,83,84)(H,85,86)/t70?,71-,72-,73-/m1/s1. The Hall–Kier alpha value is -1.94. The lowest BCUT2D eigenvalue weighted by atomic mass is 9.99. The number of phosphoric acid groups is 2. The Bertz CT molecular complexity index is 1870. The van der Waals surface area contributed by atoms with Gasteiger partial charge in [0.15, 0.2) is 12.2 Å². The second kappa shape index (κ2) is 67.5. The molecule has 0 aromatic heterocycles. The molecule has 6 atom stereocenters. The van der Waals surface area contributed by atoms with Gasteiger partial charge in [-0.3, -0.25) is 37.3 Å². The first-order chi connectivity index (χ1) is 46.3. The molecule has 0 aromatic rings. The predicted molar refractivity (Wildman–Crippen MR) is 391 cm³/mol. The van der Waals surface area contributed by atoms with Crippen molar-refractivity contribution in [2.75, 3.05) is 39.6 Å². The molecule has 0 bridgehead atoms. The number of aliphatic hydroxyl groups excluding tert-OH is 1. The summed E-state index contributed by atoms with van der Waals surface area (Å²) in [7, 11) is -9.91. The summed E-state index contributed by atoms with van der Waals surface area (Å²) in [6.45, 7) is 11.8. The number of hydrogen-bond acceptors (Lipinski definition) is 15. The zero-order chi connectivity index (χ0) is 70.9. The Morgan fingerprint density at radius 1 is 0.302 bits per heavy atom. The first-order valence-electron chi connectivity index (χ1n) is 39.9. The summed E-state index contributed by atoms with van der Waals surface area (Å²) in [5.41, 5.74) is 0. The molecule has 0 aliphatic carbocycles. The molecule has 3 N–H and O–H groups in total. The minimum absolute atomic E-state index is 0.104. The van der Waals surface area contributed by atoms with Crippen LogP contribution in [-0.4, -0.2) is 96.7 Å². The molecule has 0 saturated carbocycles. The highest BCUT2D eigenvalue weighted by Crippen LogP contribution is 2.45. The molecule has 0 amide bonds. The van der Waals surface area contributed by atoms with Crippen LogP contribution in [0.25, 0.3) is 0 Å². The molecule has 0 spiro atoms. The Morgan fingerprint density at radius 2 is 0.531 bits per heavy atom. The van der Waals surface area contributed by atoms with Crippen molar-refractivity contribution in [2.24, 2.45) is 17.8 Å². The molecule has 0 aliphatic rings. The summed E-state index contributed by atoms with van der Waals surface area (Å²) in [5.74, 6) is 0.112. The van der Waals surface area contributed by atoms with E-state index in [9.17, 15) is 43.2 Å². The van der Waals surface area contributed by atoms with E-state index < -0.39 is 97.5 Å². The quantitative estimate of drug-likeness (QED) is 0.0222. The Kier molecular flexibility index (Phi) is 66.2. The average molecular weight is 1410 g/mol. The fraction of sp³-hybridized carbons (Fsp3) is 0.948. The summed E-state index contributed by atoms with van der Waals surface area (Å²) < 4.78 is 68.5. The molecule has 0 fully saturated rings. The van der Waals surface area contributed by atoms with Crippen molar-refractivity contribution in [3.8, 4) is 0 Å². The van der Waals surface area contributed by atoms with Crippen LogP contribution < -0.4 is 0 Å². The van der Waals surface area contributed by atoms with Crippen LogP contribution in [0.5, 0.6) is 0 Å². The number of phosphoric ester groups is 2. The van der Waals surface area contributed by atoms with Crippen LogP contribution in [0.1, 0.15) is 395 Å². The lowest BCUT2D eigenvalue weighted by molar-refractivity contribution is -0.161. The van der Waals surface area contributed by atoms with Gasteiger partial charge >= 0.3 is 39.5 Å². The van der Waals surface area contributed by atoms with E-state index in [2.05, 4.69) is 48.5 Å². The van der Waals surface area contributed by atoms with Crippen molar-refractivity contribution in [1.82, 2.24) is 0 Å². The third-order valence-corrected chi connectivity index (χ3v) is 20.1. The van der Waals surface area contributed by atoms with E-state index in [4.69, 9.17) is 37.0 Å². The molecule has 0 radical (unpaired) electrons. The third kappa shape index (κ3) is 69.2. The second-order valence-electron chi connectivity index (χ2n) is 28.9. The first-order valence-corrected chi connectivity index (χ1v) is 42.9. The summed E-state index contributed by atoms with van der Waals surface area (Å²) in [5, 5.41) is 10.6. The van der Waals surface area contributed by atoms with Gasteiger partial charge in [-0.15, -0.1) is 0 Å². The van der Waals surface area contributed by atoms with Gasteiger partial charge in [-0.05, 0) is 43.4 Å². The largest absolute Gasteiger partial charge is 0.472 e. The van der Waals surface area contributed by atoms with Crippen LogP contribution >= 0.6 is 15.6 Å². The van der Waals surface area contributed by atoms with Gasteiger partial charge in [0, 0.05) is 25.7 Å². The van der Waals surface area contributed by atoms with Gasteiger partial charge in [-0.2, -0.15) is 0 Å². The van der Waals surface area contributed by atoms with E-state index in [1.54, 1.807) is 0 Å². The lowest BCUT2D eigenvalue weighted by Gasteiger charge is -2.21. The molecular formula is C77H150O17P2. The van der Waals surface area contributed by atoms with Crippen LogP contribution in [0.4, 0.5) is 0 Å².